The smallest absolute Gasteiger partial charge is 0.478 e. The lowest BCUT2D eigenvalue weighted by Gasteiger charge is -2.04. The average Bonchev–Trinajstić information content (AvgIpc) is 2.07. The first kappa shape index (κ1) is 11.0. The number of carboxylic acid groups (broad SMARTS) is 1. The summed E-state index contributed by atoms with van der Waals surface area (Å²) in [5.41, 5.74) is -0.881. The van der Waals surface area contributed by atoms with Gasteiger partial charge in [0.1, 0.15) is 5.82 Å². The molecule has 0 saturated heterocycles. The molecular weight excluding hydrogens is 213 g/mol. The standard InChI is InChI=1S/C7H5BClFO4/c9-5-1-3(7(11)12)6(10)2-4(5)8(13)14/h1-2,13-14H,(H,11,12). The van der Waals surface area contributed by atoms with Crippen molar-refractivity contribution in [1.82, 2.24) is 0 Å². The lowest BCUT2D eigenvalue weighted by atomic mass is 9.80. The molecule has 0 aliphatic rings. The van der Waals surface area contributed by atoms with Crippen molar-refractivity contribution >= 4 is 30.2 Å². The number of carboxylic acids is 1. The topological polar surface area (TPSA) is 77.8 Å². The van der Waals surface area contributed by atoms with Gasteiger partial charge in [0.15, 0.2) is 0 Å². The van der Waals surface area contributed by atoms with Crippen LogP contribution in [0.3, 0.4) is 0 Å². The highest BCUT2D eigenvalue weighted by Crippen LogP contribution is 2.13. The molecule has 1 rings (SSSR count). The third-order valence-corrected chi connectivity index (χ3v) is 1.92. The molecule has 4 nitrogen and oxygen atoms in total. The normalized spacial score (nSPS) is 10.0. The SMILES string of the molecule is O=C(O)c1cc(Cl)c(B(O)O)cc1F. The second-order valence-electron chi connectivity index (χ2n) is 2.53. The van der Waals surface area contributed by atoms with Gasteiger partial charge in [-0.25, -0.2) is 9.18 Å². The predicted octanol–water partition coefficient (Wildman–Crippen LogP) is -0.143. The highest BCUT2D eigenvalue weighted by Gasteiger charge is 2.20. The molecule has 0 spiro atoms. The number of hydrogen-bond donors (Lipinski definition) is 3. The van der Waals surface area contributed by atoms with E-state index >= 15 is 0 Å². The summed E-state index contributed by atoms with van der Waals surface area (Å²) in [5, 5.41) is 25.7. The van der Waals surface area contributed by atoms with Gasteiger partial charge in [0.2, 0.25) is 0 Å². The second-order valence-corrected chi connectivity index (χ2v) is 2.94. The molecule has 0 fully saturated rings. The van der Waals surface area contributed by atoms with Crippen LogP contribution in [0.15, 0.2) is 12.1 Å². The van der Waals surface area contributed by atoms with Gasteiger partial charge in [0.25, 0.3) is 0 Å². The molecule has 1 aromatic carbocycles. The Hall–Kier alpha value is -1.11. The Morgan fingerprint density at radius 3 is 2.43 bits per heavy atom. The minimum Gasteiger partial charge on any atom is -0.478 e. The molecule has 0 aliphatic heterocycles. The number of benzene rings is 1. The molecule has 0 radical (unpaired) electrons. The van der Waals surface area contributed by atoms with E-state index in [9.17, 15) is 9.18 Å². The van der Waals surface area contributed by atoms with Crippen LogP contribution in [0.25, 0.3) is 0 Å². The lowest BCUT2D eigenvalue weighted by Crippen LogP contribution is -2.31. The molecule has 7 heteroatoms. The molecule has 14 heavy (non-hydrogen) atoms. The van der Waals surface area contributed by atoms with Gasteiger partial charge in [0, 0.05) is 10.5 Å². The number of rotatable bonds is 2. The van der Waals surface area contributed by atoms with Crippen molar-refractivity contribution in [1.29, 1.82) is 0 Å². The van der Waals surface area contributed by atoms with Crippen LogP contribution in [-0.4, -0.2) is 28.2 Å². The van der Waals surface area contributed by atoms with Crippen LogP contribution in [0.1, 0.15) is 10.4 Å². The summed E-state index contributed by atoms with van der Waals surface area (Å²) in [4.78, 5) is 10.4. The van der Waals surface area contributed by atoms with Crippen LogP contribution < -0.4 is 5.46 Å². The van der Waals surface area contributed by atoms with Crippen molar-refractivity contribution in [2.75, 3.05) is 0 Å². The van der Waals surface area contributed by atoms with E-state index in [2.05, 4.69) is 0 Å². The summed E-state index contributed by atoms with van der Waals surface area (Å²) >= 11 is 5.49. The maximum absolute atomic E-state index is 13.0. The fraction of sp³-hybridized carbons (Fsp3) is 0. The molecule has 0 saturated carbocycles. The third kappa shape index (κ3) is 2.04. The van der Waals surface area contributed by atoms with Gasteiger partial charge in [0.05, 0.1) is 5.56 Å². The summed E-state index contributed by atoms with van der Waals surface area (Å²) in [7, 11) is -1.93. The fourth-order valence-corrected chi connectivity index (χ4v) is 1.19. The quantitative estimate of drug-likeness (QED) is 0.604. The number of carbonyl (C=O) groups is 1. The average molecular weight is 218 g/mol. The molecule has 74 valence electrons. The Bertz CT molecular complexity index is 382. The van der Waals surface area contributed by atoms with Gasteiger partial charge >= 0.3 is 13.1 Å². The van der Waals surface area contributed by atoms with Crippen LogP contribution in [0.2, 0.25) is 5.02 Å². The molecule has 0 aromatic heterocycles. The van der Waals surface area contributed by atoms with Crippen LogP contribution in [0.4, 0.5) is 4.39 Å². The van der Waals surface area contributed by atoms with Gasteiger partial charge in [-0.3, -0.25) is 0 Å². The monoisotopic (exact) mass is 218 g/mol. The van der Waals surface area contributed by atoms with Gasteiger partial charge in [-0.2, -0.15) is 0 Å². The fourth-order valence-electron chi connectivity index (χ4n) is 0.924. The molecule has 1 aromatic rings. The lowest BCUT2D eigenvalue weighted by molar-refractivity contribution is 0.0692. The largest absolute Gasteiger partial charge is 0.490 e. The van der Waals surface area contributed by atoms with Crippen LogP contribution >= 0.6 is 11.6 Å². The van der Waals surface area contributed by atoms with Crippen molar-refractivity contribution in [3.05, 3.63) is 28.5 Å². The Labute approximate surface area is 83.7 Å². The Balaban J connectivity index is 3.31. The van der Waals surface area contributed by atoms with Crippen molar-refractivity contribution in [3.8, 4) is 0 Å². The zero-order valence-electron chi connectivity index (χ0n) is 6.74. The van der Waals surface area contributed by atoms with E-state index in [1.54, 1.807) is 0 Å². The van der Waals surface area contributed by atoms with E-state index in [0.717, 1.165) is 6.07 Å². The molecular formula is C7H5BClFO4. The Morgan fingerprint density at radius 2 is 2.00 bits per heavy atom. The zero-order valence-corrected chi connectivity index (χ0v) is 7.49. The van der Waals surface area contributed by atoms with E-state index in [-0.39, 0.29) is 10.5 Å². The predicted molar refractivity (Wildman–Crippen MR) is 48.2 cm³/mol. The van der Waals surface area contributed by atoms with Gasteiger partial charge in [-0.05, 0) is 12.1 Å². The maximum atomic E-state index is 13.0. The van der Waals surface area contributed by atoms with E-state index in [4.69, 9.17) is 26.8 Å². The van der Waals surface area contributed by atoms with Gasteiger partial charge < -0.3 is 15.2 Å². The minimum absolute atomic E-state index is 0.209. The first-order valence-corrected chi connectivity index (χ1v) is 3.89. The summed E-state index contributed by atoms with van der Waals surface area (Å²) in [5.74, 6) is -2.53. The molecule has 0 atom stereocenters. The molecule has 0 amide bonds. The van der Waals surface area contributed by atoms with Gasteiger partial charge in [-0.1, -0.05) is 11.6 Å². The minimum atomic E-state index is -1.93. The first-order chi connectivity index (χ1) is 6.43. The highest BCUT2D eigenvalue weighted by molar-refractivity contribution is 6.62. The van der Waals surface area contributed by atoms with E-state index < -0.39 is 24.5 Å². The molecule has 0 bridgehead atoms. The summed E-state index contributed by atoms with van der Waals surface area (Å²) in [6.45, 7) is 0. The van der Waals surface area contributed by atoms with Crippen molar-refractivity contribution in [2.24, 2.45) is 0 Å². The number of aromatic carboxylic acids is 1. The number of hydrogen-bond acceptors (Lipinski definition) is 3. The van der Waals surface area contributed by atoms with Crippen molar-refractivity contribution in [3.63, 3.8) is 0 Å². The van der Waals surface area contributed by atoms with Crippen LogP contribution in [0.5, 0.6) is 0 Å². The summed E-state index contributed by atoms with van der Waals surface area (Å²) in [6, 6.07) is 1.50. The van der Waals surface area contributed by atoms with E-state index in [1.807, 2.05) is 0 Å². The third-order valence-electron chi connectivity index (χ3n) is 1.59. The second kappa shape index (κ2) is 3.95. The highest BCUT2D eigenvalue weighted by atomic mass is 35.5. The molecule has 0 heterocycles. The molecule has 0 aliphatic carbocycles. The molecule has 3 N–H and O–H groups in total. The van der Waals surface area contributed by atoms with Crippen molar-refractivity contribution < 1.29 is 24.3 Å². The Morgan fingerprint density at radius 1 is 1.43 bits per heavy atom. The van der Waals surface area contributed by atoms with E-state index in [0.29, 0.717) is 6.07 Å². The summed E-state index contributed by atoms with van der Waals surface area (Å²) < 4.78 is 13.0. The maximum Gasteiger partial charge on any atom is 0.490 e. The first-order valence-electron chi connectivity index (χ1n) is 3.52. The summed E-state index contributed by atoms with van der Waals surface area (Å²) in [6.07, 6.45) is 0. The Kier molecular flexibility index (Phi) is 3.10. The van der Waals surface area contributed by atoms with Gasteiger partial charge in [-0.15, -0.1) is 0 Å². The number of halogens is 2. The van der Waals surface area contributed by atoms with Crippen molar-refractivity contribution in [2.45, 2.75) is 0 Å². The van der Waals surface area contributed by atoms with Crippen LogP contribution in [0, 0.1) is 5.82 Å². The zero-order chi connectivity index (χ0) is 10.9. The van der Waals surface area contributed by atoms with Crippen LogP contribution in [-0.2, 0) is 0 Å². The molecule has 0 unspecified atom stereocenters. The van der Waals surface area contributed by atoms with E-state index in [1.165, 1.54) is 0 Å².